The van der Waals surface area contributed by atoms with Gasteiger partial charge < -0.3 is 5.32 Å². The predicted molar refractivity (Wildman–Crippen MR) is 74.5 cm³/mol. The zero-order valence-corrected chi connectivity index (χ0v) is 11.4. The fourth-order valence-corrected chi connectivity index (χ4v) is 2.52. The largest absolute Gasteiger partial charge is 0.314 e. The summed E-state index contributed by atoms with van der Waals surface area (Å²) in [4.78, 5) is 0. The van der Waals surface area contributed by atoms with Crippen molar-refractivity contribution in [3.8, 4) is 0 Å². The van der Waals surface area contributed by atoms with Gasteiger partial charge in [0.1, 0.15) is 0 Å². The Morgan fingerprint density at radius 3 is 2.41 bits per heavy atom. The van der Waals surface area contributed by atoms with E-state index >= 15 is 0 Å². The third kappa shape index (κ3) is 3.57. The second kappa shape index (κ2) is 5.22. The minimum absolute atomic E-state index is 0.269. The van der Waals surface area contributed by atoms with E-state index in [9.17, 15) is 0 Å². The molecule has 1 aliphatic rings. The molecule has 1 saturated heterocycles. The molecule has 1 aromatic carbocycles. The highest BCUT2D eigenvalue weighted by molar-refractivity contribution is 5.27. The number of benzene rings is 1. The van der Waals surface area contributed by atoms with Gasteiger partial charge in [0.2, 0.25) is 0 Å². The first-order valence-corrected chi connectivity index (χ1v) is 6.88. The van der Waals surface area contributed by atoms with Crippen molar-refractivity contribution in [2.45, 2.75) is 57.9 Å². The lowest BCUT2D eigenvalue weighted by Gasteiger charge is -2.19. The van der Waals surface area contributed by atoms with Crippen LogP contribution in [0.15, 0.2) is 24.3 Å². The van der Waals surface area contributed by atoms with Crippen LogP contribution in [0, 0.1) is 0 Å². The molecule has 1 nitrogen and oxygen atoms in total. The van der Waals surface area contributed by atoms with E-state index in [0.717, 1.165) is 6.04 Å². The van der Waals surface area contributed by atoms with Crippen LogP contribution in [0.3, 0.4) is 0 Å². The molecule has 0 radical (unpaired) electrons. The standard InChI is InChI=1S/C16H25N/c1-16(2,3)14-9-6-13(7-10-14)8-11-15-5-4-12-17-15/h6-7,9-10,15,17H,4-5,8,11-12H2,1-3H3. The molecule has 17 heavy (non-hydrogen) atoms. The maximum atomic E-state index is 3.56. The van der Waals surface area contributed by atoms with Gasteiger partial charge in [-0.15, -0.1) is 0 Å². The molecule has 1 heterocycles. The van der Waals surface area contributed by atoms with E-state index in [1.165, 1.54) is 43.4 Å². The molecule has 1 unspecified atom stereocenters. The maximum absolute atomic E-state index is 3.56. The number of hydrogen-bond donors (Lipinski definition) is 1. The molecule has 0 aromatic heterocycles. The molecule has 1 atom stereocenters. The first-order chi connectivity index (χ1) is 8.05. The summed E-state index contributed by atoms with van der Waals surface area (Å²) in [5.41, 5.74) is 3.18. The fourth-order valence-electron chi connectivity index (χ4n) is 2.52. The monoisotopic (exact) mass is 231 g/mol. The van der Waals surface area contributed by atoms with Crippen molar-refractivity contribution in [1.82, 2.24) is 5.32 Å². The van der Waals surface area contributed by atoms with Gasteiger partial charge in [-0.2, -0.15) is 0 Å². The zero-order valence-electron chi connectivity index (χ0n) is 11.4. The molecule has 0 amide bonds. The predicted octanol–water partition coefficient (Wildman–Crippen LogP) is 3.67. The Labute approximate surface area is 106 Å². The molecule has 1 heteroatoms. The van der Waals surface area contributed by atoms with Crippen LogP contribution < -0.4 is 5.32 Å². The van der Waals surface area contributed by atoms with Gasteiger partial charge in [0.15, 0.2) is 0 Å². The van der Waals surface area contributed by atoms with Gasteiger partial charge in [0.05, 0.1) is 0 Å². The molecule has 1 N–H and O–H groups in total. The summed E-state index contributed by atoms with van der Waals surface area (Å²) in [6.07, 6.45) is 5.21. The van der Waals surface area contributed by atoms with Crippen LogP contribution >= 0.6 is 0 Å². The fraction of sp³-hybridized carbons (Fsp3) is 0.625. The quantitative estimate of drug-likeness (QED) is 0.837. The molecule has 0 spiro atoms. The summed E-state index contributed by atoms with van der Waals surface area (Å²) in [6, 6.07) is 9.94. The van der Waals surface area contributed by atoms with Crippen molar-refractivity contribution in [2.24, 2.45) is 0 Å². The van der Waals surface area contributed by atoms with Gasteiger partial charge in [0.25, 0.3) is 0 Å². The number of aryl methyl sites for hydroxylation is 1. The second-order valence-corrected chi connectivity index (χ2v) is 6.28. The third-order valence-corrected chi connectivity index (χ3v) is 3.76. The van der Waals surface area contributed by atoms with Crippen LogP contribution in [-0.4, -0.2) is 12.6 Å². The Morgan fingerprint density at radius 1 is 1.18 bits per heavy atom. The first-order valence-electron chi connectivity index (χ1n) is 6.88. The minimum Gasteiger partial charge on any atom is -0.314 e. The molecule has 0 aliphatic carbocycles. The van der Waals surface area contributed by atoms with Crippen molar-refractivity contribution in [1.29, 1.82) is 0 Å². The van der Waals surface area contributed by atoms with Crippen molar-refractivity contribution in [3.05, 3.63) is 35.4 Å². The average molecular weight is 231 g/mol. The van der Waals surface area contributed by atoms with Gasteiger partial charge >= 0.3 is 0 Å². The Balaban J connectivity index is 1.89. The van der Waals surface area contributed by atoms with Crippen LogP contribution in [0.2, 0.25) is 0 Å². The minimum atomic E-state index is 0.269. The van der Waals surface area contributed by atoms with E-state index in [1.54, 1.807) is 0 Å². The Bertz CT molecular complexity index is 339. The highest BCUT2D eigenvalue weighted by Crippen LogP contribution is 2.22. The van der Waals surface area contributed by atoms with E-state index in [2.05, 4.69) is 50.4 Å². The molecule has 1 aromatic rings. The lowest BCUT2D eigenvalue weighted by Crippen LogP contribution is -2.21. The zero-order chi connectivity index (χ0) is 12.3. The van der Waals surface area contributed by atoms with Crippen LogP contribution in [0.4, 0.5) is 0 Å². The number of rotatable bonds is 3. The molecule has 1 fully saturated rings. The molecule has 2 rings (SSSR count). The maximum Gasteiger partial charge on any atom is 0.00707 e. The molecular weight excluding hydrogens is 206 g/mol. The summed E-state index contributed by atoms with van der Waals surface area (Å²) in [7, 11) is 0. The summed E-state index contributed by atoms with van der Waals surface area (Å²) >= 11 is 0. The smallest absolute Gasteiger partial charge is 0.00707 e. The summed E-state index contributed by atoms with van der Waals surface area (Å²) < 4.78 is 0. The lowest BCUT2D eigenvalue weighted by molar-refractivity contribution is 0.558. The Morgan fingerprint density at radius 2 is 1.88 bits per heavy atom. The summed E-state index contributed by atoms with van der Waals surface area (Å²) in [6.45, 7) is 8.02. The highest BCUT2D eigenvalue weighted by Gasteiger charge is 2.15. The summed E-state index contributed by atoms with van der Waals surface area (Å²) in [5, 5.41) is 3.56. The van der Waals surface area contributed by atoms with Gasteiger partial charge in [-0.1, -0.05) is 45.0 Å². The highest BCUT2D eigenvalue weighted by atomic mass is 14.9. The van der Waals surface area contributed by atoms with Crippen molar-refractivity contribution >= 4 is 0 Å². The van der Waals surface area contributed by atoms with Crippen molar-refractivity contribution in [3.63, 3.8) is 0 Å². The van der Waals surface area contributed by atoms with E-state index in [-0.39, 0.29) is 5.41 Å². The lowest BCUT2D eigenvalue weighted by atomic mass is 9.86. The van der Waals surface area contributed by atoms with Crippen LogP contribution in [0.25, 0.3) is 0 Å². The number of hydrogen-bond acceptors (Lipinski definition) is 1. The van der Waals surface area contributed by atoms with Gasteiger partial charge in [-0.3, -0.25) is 0 Å². The molecule has 0 bridgehead atoms. The van der Waals surface area contributed by atoms with Crippen LogP contribution in [-0.2, 0) is 11.8 Å². The first kappa shape index (κ1) is 12.6. The summed E-state index contributed by atoms with van der Waals surface area (Å²) in [5.74, 6) is 0. The van der Waals surface area contributed by atoms with E-state index in [0.29, 0.717) is 0 Å². The van der Waals surface area contributed by atoms with Crippen LogP contribution in [0.5, 0.6) is 0 Å². The van der Waals surface area contributed by atoms with Gasteiger partial charge in [-0.25, -0.2) is 0 Å². The Hall–Kier alpha value is -0.820. The number of nitrogens with one attached hydrogen (secondary N) is 1. The van der Waals surface area contributed by atoms with E-state index in [1.807, 2.05) is 0 Å². The molecule has 0 saturated carbocycles. The van der Waals surface area contributed by atoms with Crippen molar-refractivity contribution < 1.29 is 0 Å². The SMILES string of the molecule is CC(C)(C)c1ccc(CCC2CCCN2)cc1. The topological polar surface area (TPSA) is 12.0 Å². The van der Waals surface area contributed by atoms with Gasteiger partial charge in [0, 0.05) is 6.04 Å². The van der Waals surface area contributed by atoms with Gasteiger partial charge in [-0.05, 0) is 48.8 Å². The average Bonchev–Trinajstić information content (AvgIpc) is 2.78. The molecular formula is C16H25N. The Kier molecular flexibility index (Phi) is 3.88. The second-order valence-electron chi connectivity index (χ2n) is 6.28. The van der Waals surface area contributed by atoms with E-state index in [4.69, 9.17) is 0 Å². The molecule has 1 aliphatic heterocycles. The van der Waals surface area contributed by atoms with Crippen LogP contribution in [0.1, 0.15) is 51.2 Å². The van der Waals surface area contributed by atoms with Crippen molar-refractivity contribution in [2.75, 3.05) is 6.54 Å². The third-order valence-electron chi connectivity index (χ3n) is 3.76. The molecule has 94 valence electrons. The normalized spacial score (nSPS) is 20.8. The van der Waals surface area contributed by atoms with E-state index < -0.39 is 0 Å².